The van der Waals surface area contributed by atoms with Crippen molar-refractivity contribution in [2.24, 2.45) is 11.7 Å². The zero-order valence-electron chi connectivity index (χ0n) is 11.5. The van der Waals surface area contributed by atoms with Crippen molar-refractivity contribution in [1.29, 1.82) is 0 Å². The normalized spacial score (nSPS) is 23.9. The van der Waals surface area contributed by atoms with Crippen LogP contribution in [0.1, 0.15) is 42.8 Å². The van der Waals surface area contributed by atoms with Crippen LogP contribution in [0, 0.1) is 12.8 Å². The van der Waals surface area contributed by atoms with Gasteiger partial charge in [0.25, 0.3) is 0 Å². The van der Waals surface area contributed by atoms with Gasteiger partial charge in [-0.05, 0) is 19.8 Å². The molecule has 106 valence electrons. The van der Waals surface area contributed by atoms with E-state index in [0.717, 1.165) is 42.8 Å². The molecule has 1 aromatic heterocycles. The number of carbonyl (C=O) groups is 1. The van der Waals surface area contributed by atoms with E-state index in [4.69, 9.17) is 5.73 Å². The summed E-state index contributed by atoms with van der Waals surface area (Å²) in [6, 6.07) is 0.0315. The highest BCUT2D eigenvalue weighted by Crippen LogP contribution is 2.22. The molecule has 1 aliphatic rings. The minimum atomic E-state index is -0.000306. The molecule has 2 atom stereocenters. The Hall–Kier alpha value is -0.940. The van der Waals surface area contributed by atoms with Crippen LogP contribution in [0.4, 0.5) is 0 Å². The first-order valence-corrected chi connectivity index (χ1v) is 7.99. The average molecular weight is 281 g/mol. The van der Waals surface area contributed by atoms with Crippen molar-refractivity contribution in [3.8, 4) is 0 Å². The predicted molar refractivity (Wildman–Crippen MR) is 78.1 cm³/mol. The Balaban J connectivity index is 1.76. The highest BCUT2D eigenvalue weighted by Gasteiger charge is 2.26. The second-order valence-corrected chi connectivity index (χ2v) is 6.37. The number of aryl methyl sites for hydroxylation is 1. The third-order valence-corrected chi connectivity index (χ3v) is 4.58. The summed E-state index contributed by atoms with van der Waals surface area (Å²) in [4.78, 5) is 16.5. The predicted octanol–water partition coefficient (Wildman–Crippen LogP) is 2.02. The van der Waals surface area contributed by atoms with Gasteiger partial charge in [0, 0.05) is 24.4 Å². The Morgan fingerprint density at radius 3 is 3.00 bits per heavy atom. The van der Waals surface area contributed by atoms with Crippen LogP contribution in [-0.4, -0.2) is 23.5 Å². The summed E-state index contributed by atoms with van der Waals surface area (Å²) in [6.07, 6.45) is 6.19. The van der Waals surface area contributed by atoms with E-state index in [9.17, 15) is 4.79 Å². The zero-order valence-corrected chi connectivity index (χ0v) is 12.3. The maximum absolute atomic E-state index is 12.1. The summed E-state index contributed by atoms with van der Waals surface area (Å²) in [6.45, 7) is 2.66. The SMILES string of the molecule is Cc1nc(CCNC(=O)C2CCCCCC2N)cs1. The number of nitrogens with one attached hydrogen (secondary N) is 1. The third kappa shape index (κ3) is 4.28. The van der Waals surface area contributed by atoms with Gasteiger partial charge >= 0.3 is 0 Å². The Kier molecular flexibility index (Phi) is 5.34. The molecule has 1 heterocycles. The minimum absolute atomic E-state index is 0.000306. The first-order chi connectivity index (χ1) is 9.16. The van der Waals surface area contributed by atoms with Crippen molar-refractivity contribution in [1.82, 2.24) is 10.3 Å². The molecule has 0 spiro atoms. The van der Waals surface area contributed by atoms with E-state index in [2.05, 4.69) is 15.7 Å². The van der Waals surface area contributed by atoms with Gasteiger partial charge in [0.1, 0.15) is 0 Å². The van der Waals surface area contributed by atoms with Crippen LogP contribution in [0.2, 0.25) is 0 Å². The second kappa shape index (κ2) is 7.01. The standard InChI is InChI=1S/C14H23N3OS/c1-10-17-11(9-19-10)7-8-16-14(18)12-5-3-2-4-6-13(12)15/h9,12-13H,2-8,15H2,1H3,(H,16,18). The lowest BCUT2D eigenvalue weighted by atomic mass is 9.94. The van der Waals surface area contributed by atoms with Crippen LogP contribution >= 0.6 is 11.3 Å². The van der Waals surface area contributed by atoms with Crippen LogP contribution in [0.5, 0.6) is 0 Å². The smallest absolute Gasteiger partial charge is 0.224 e. The van der Waals surface area contributed by atoms with Crippen molar-refractivity contribution in [3.63, 3.8) is 0 Å². The summed E-state index contributed by atoms with van der Waals surface area (Å²) in [7, 11) is 0. The molecule has 5 heteroatoms. The summed E-state index contributed by atoms with van der Waals surface area (Å²) >= 11 is 1.65. The molecular weight excluding hydrogens is 258 g/mol. The largest absolute Gasteiger partial charge is 0.355 e. The Morgan fingerprint density at radius 1 is 1.47 bits per heavy atom. The first-order valence-electron chi connectivity index (χ1n) is 7.11. The third-order valence-electron chi connectivity index (χ3n) is 3.75. The highest BCUT2D eigenvalue weighted by atomic mass is 32.1. The molecule has 2 unspecified atom stereocenters. The Morgan fingerprint density at radius 2 is 2.26 bits per heavy atom. The number of aromatic nitrogens is 1. The molecule has 0 aromatic carbocycles. The topological polar surface area (TPSA) is 68.0 Å². The number of amides is 1. The lowest BCUT2D eigenvalue weighted by Crippen LogP contribution is -2.41. The number of thiazole rings is 1. The van der Waals surface area contributed by atoms with Gasteiger partial charge in [-0.25, -0.2) is 4.98 Å². The molecule has 4 nitrogen and oxygen atoms in total. The van der Waals surface area contributed by atoms with Gasteiger partial charge in [-0.1, -0.05) is 19.3 Å². The number of nitrogens with zero attached hydrogens (tertiary/aromatic N) is 1. The Bertz CT molecular complexity index is 419. The van der Waals surface area contributed by atoms with Crippen LogP contribution in [0.25, 0.3) is 0 Å². The average Bonchev–Trinajstić information content (AvgIpc) is 2.67. The maximum atomic E-state index is 12.1. The number of nitrogens with two attached hydrogens (primary N) is 1. The summed E-state index contributed by atoms with van der Waals surface area (Å²) < 4.78 is 0. The van der Waals surface area contributed by atoms with E-state index in [1.165, 1.54) is 6.42 Å². The molecule has 1 aromatic rings. The van der Waals surface area contributed by atoms with Crippen molar-refractivity contribution in [2.45, 2.75) is 51.5 Å². The lowest BCUT2D eigenvalue weighted by Gasteiger charge is -2.20. The molecule has 0 radical (unpaired) electrons. The van der Waals surface area contributed by atoms with E-state index in [-0.39, 0.29) is 17.9 Å². The molecule has 1 fully saturated rings. The summed E-state index contributed by atoms with van der Waals surface area (Å²) in [5, 5.41) is 6.14. The molecular formula is C14H23N3OS. The van der Waals surface area contributed by atoms with Gasteiger partial charge in [-0.2, -0.15) is 0 Å². The van der Waals surface area contributed by atoms with Gasteiger partial charge in [0.15, 0.2) is 0 Å². The number of carbonyl (C=O) groups excluding carboxylic acids is 1. The van der Waals surface area contributed by atoms with Crippen LogP contribution in [0.3, 0.4) is 0 Å². The van der Waals surface area contributed by atoms with Crippen molar-refractivity contribution in [2.75, 3.05) is 6.54 Å². The monoisotopic (exact) mass is 281 g/mol. The number of hydrogen-bond acceptors (Lipinski definition) is 4. The highest BCUT2D eigenvalue weighted by molar-refractivity contribution is 7.09. The molecule has 1 aliphatic carbocycles. The molecule has 0 saturated heterocycles. The van der Waals surface area contributed by atoms with Gasteiger partial charge in [0.2, 0.25) is 5.91 Å². The van der Waals surface area contributed by atoms with Crippen LogP contribution in [0.15, 0.2) is 5.38 Å². The van der Waals surface area contributed by atoms with E-state index in [1.807, 2.05) is 6.92 Å². The fraction of sp³-hybridized carbons (Fsp3) is 0.714. The molecule has 0 bridgehead atoms. The summed E-state index contributed by atoms with van der Waals surface area (Å²) in [5.41, 5.74) is 7.16. The van der Waals surface area contributed by atoms with Crippen molar-refractivity contribution < 1.29 is 4.79 Å². The summed E-state index contributed by atoms with van der Waals surface area (Å²) in [5.74, 6) is 0.126. The Labute approximate surface area is 118 Å². The van der Waals surface area contributed by atoms with Crippen molar-refractivity contribution in [3.05, 3.63) is 16.1 Å². The first kappa shape index (κ1) is 14.5. The van der Waals surface area contributed by atoms with E-state index >= 15 is 0 Å². The van der Waals surface area contributed by atoms with E-state index < -0.39 is 0 Å². The van der Waals surface area contributed by atoms with E-state index in [0.29, 0.717) is 6.54 Å². The van der Waals surface area contributed by atoms with Crippen LogP contribution in [-0.2, 0) is 11.2 Å². The molecule has 1 saturated carbocycles. The van der Waals surface area contributed by atoms with Gasteiger partial charge in [-0.3, -0.25) is 4.79 Å². The molecule has 19 heavy (non-hydrogen) atoms. The fourth-order valence-corrected chi connectivity index (χ4v) is 3.28. The van der Waals surface area contributed by atoms with Gasteiger partial charge < -0.3 is 11.1 Å². The number of rotatable bonds is 4. The molecule has 2 rings (SSSR count). The zero-order chi connectivity index (χ0) is 13.7. The lowest BCUT2D eigenvalue weighted by molar-refractivity contribution is -0.125. The van der Waals surface area contributed by atoms with Crippen LogP contribution < -0.4 is 11.1 Å². The van der Waals surface area contributed by atoms with E-state index in [1.54, 1.807) is 11.3 Å². The van der Waals surface area contributed by atoms with Gasteiger partial charge in [-0.15, -0.1) is 11.3 Å². The maximum Gasteiger partial charge on any atom is 0.224 e. The fourth-order valence-electron chi connectivity index (χ4n) is 2.63. The number of hydrogen-bond donors (Lipinski definition) is 2. The molecule has 0 aliphatic heterocycles. The van der Waals surface area contributed by atoms with Crippen molar-refractivity contribution >= 4 is 17.2 Å². The minimum Gasteiger partial charge on any atom is -0.355 e. The second-order valence-electron chi connectivity index (χ2n) is 5.31. The molecule has 3 N–H and O–H groups in total. The molecule has 1 amide bonds. The van der Waals surface area contributed by atoms with Gasteiger partial charge in [0.05, 0.1) is 16.6 Å². The quantitative estimate of drug-likeness (QED) is 0.830.